The molecule has 0 amide bonds. The quantitative estimate of drug-likeness (QED) is 0.328. The molecule has 9 nitrogen and oxygen atoms in total. The van der Waals surface area contributed by atoms with Gasteiger partial charge in [0.2, 0.25) is 10.0 Å². The molecule has 6 rings (SSSR count). The van der Waals surface area contributed by atoms with Gasteiger partial charge in [0.15, 0.2) is 11.0 Å². The van der Waals surface area contributed by atoms with Gasteiger partial charge in [-0.1, -0.05) is 41.9 Å². The third-order valence-corrected chi connectivity index (χ3v) is 9.01. The van der Waals surface area contributed by atoms with E-state index < -0.39 is 15.6 Å². The zero-order chi connectivity index (χ0) is 25.6. The summed E-state index contributed by atoms with van der Waals surface area (Å²) in [6.45, 7) is 0.297. The van der Waals surface area contributed by atoms with Crippen LogP contribution in [0.3, 0.4) is 0 Å². The zero-order valence-electron chi connectivity index (χ0n) is 19.5. The van der Waals surface area contributed by atoms with E-state index in [0.29, 0.717) is 16.2 Å². The first kappa shape index (κ1) is 23.8. The molecule has 3 heterocycles. The lowest BCUT2D eigenvalue weighted by atomic mass is 9.85. The minimum Gasteiger partial charge on any atom is -0.385 e. The van der Waals surface area contributed by atoms with Crippen molar-refractivity contribution in [3.05, 3.63) is 83.5 Å². The van der Waals surface area contributed by atoms with Crippen LogP contribution in [0, 0.1) is 0 Å². The van der Waals surface area contributed by atoms with Crippen LogP contribution in [-0.4, -0.2) is 46.2 Å². The molecule has 0 radical (unpaired) electrons. The number of hydrogen-bond donors (Lipinski definition) is 2. The molecule has 37 heavy (non-hydrogen) atoms. The molecule has 0 bridgehead atoms. The number of para-hydroxylation sites is 1. The van der Waals surface area contributed by atoms with E-state index in [1.54, 1.807) is 36.5 Å². The van der Waals surface area contributed by atoms with E-state index in [9.17, 15) is 13.5 Å². The predicted molar refractivity (Wildman–Crippen MR) is 140 cm³/mol. The van der Waals surface area contributed by atoms with Gasteiger partial charge >= 0.3 is 0 Å². The first-order valence-corrected chi connectivity index (χ1v) is 13.5. The normalized spacial score (nSPS) is 16.3. The molecule has 11 heteroatoms. The van der Waals surface area contributed by atoms with Crippen LogP contribution in [0.1, 0.15) is 18.4 Å². The average Bonchev–Trinajstić information content (AvgIpc) is 3.40. The monoisotopic (exact) mass is 535 g/mol. The third kappa shape index (κ3) is 4.21. The zero-order valence-corrected chi connectivity index (χ0v) is 21.1. The fraction of sp³-hybridized carbons (Fsp3) is 0.192. The maximum absolute atomic E-state index is 13.6. The average molecular weight is 536 g/mol. The lowest BCUT2D eigenvalue weighted by Crippen LogP contribution is -2.45. The number of sulfonamides is 1. The number of anilines is 2. The van der Waals surface area contributed by atoms with Gasteiger partial charge in [-0.3, -0.25) is 4.98 Å². The number of piperidine rings is 1. The van der Waals surface area contributed by atoms with E-state index in [0.717, 1.165) is 22.2 Å². The van der Waals surface area contributed by atoms with Crippen molar-refractivity contribution in [1.29, 1.82) is 0 Å². The van der Waals surface area contributed by atoms with Crippen molar-refractivity contribution in [2.24, 2.45) is 0 Å². The van der Waals surface area contributed by atoms with Crippen LogP contribution < -0.4 is 5.32 Å². The van der Waals surface area contributed by atoms with Gasteiger partial charge in [0.05, 0.1) is 22.5 Å². The Morgan fingerprint density at radius 2 is 1.59 bits per heavy atom. The van der Waals surface area contributed by atoms with E-state index in [-0.39, 0.29) is 36.3 Å². The summed E-state index contributed by atoms with van der Waals surface area (Å²) in [4.78, 5) is 4.45. The second-order valence-corrected chi connectivity index (χ2v) is 11.4. The number of aromatic nitrogens is 3. The molecule has 2 N–H and O–H groups in total. The van der Waals surface area contributed by atoms with Crippen LogP contribution in [0.5, 0.6) is 0 Å². The van der Waals surface area contributed by atoms with Crippen molar-refractivity contribution >= 4 is 54.9 Å². The summed E-state index contributed by atoms with van der Waals surface area (Å²) in [5.74, 6) is 0. The Bertz CT molecular complexity index is 1710. The fourth-order valence-corrected chi connectivity index (χ4v) is 6.47. The van der Waals surface area contributed by atoms with Crippen molar-refractivity contribution in [2.45, 2.75) is 23.3 Å². The second kappa shape index (κ2) is 9.07. The van der Waals surface area contributed by atoms with E-state index in [1.165, 1.54) is 10.4 Å². The van der Waals surface area contributed by atoms with Gasteiger partial charge in [-0.05, 0) is 65.1 Å². The Labute approximate surface area is 217 Å². The van der Waals surface area contributed by atoms with Crippen LogP contribution in [-0.2, 0) is 15.6 Å². The summed E-state index contributed by atoms with van der Waals surface area (Å²) >= 11 is 5.97. The van der Waals surface area contributed by atoms with Crippen LogP contribution >= 0.6 is 11.6 Å². The first-order valence-electron chi connectivity index (χ1n) is 11.7. The summed E-state index contributed by atoms with van der Waals surface area (Å²) in [7, 11) is -3.92. The summed E-state index contributed by atoms with van der Waals surface area (Å²) in [5, 5.41) is 23.9. The van der Waals surface area contributed by atoms with Gasteiger partial charge in [0, 0.05) is 29.7 Å². The number of aliphatic hydroxyl groups is 1. The molecule has 0 aliphatic carbocycles. The highest BCUT2D eigenvalue weighted by Crippen LogP contribution is 2.37. The summed E-state index contributed by atoms with van der Waals surface area (Å²) in [5.41, 5.74) is 2.09. The van der Waals surface area contributed by atoms with Gasteiger partial charge in [-0.25, -0.2) is 13.0 Å². The smallest absolute Gasteiger partial charge is 0.245 e. The Morgan fingerprint density at radius 1 is 0.892 bits per heavy atom. The molecule has 1 aliphatic rings. The van der Waals surface area contributed by atoms with E-state index in [4.69, 9.17) is 16.2 Å². The Kier molecular flexibility index (Phi) is 5.84. The number of halogens is 1. The molecule has 1 aliphatic heterocycles. The molecule has 0 unspecified atom stereocenters. The van der Waals surface area contributed by atoms with E-state index in [2.05, 4.69) is 20.6 Å². The van der Waals surface area contributed by atoms with Crippen LogP contribution in [0.4, 0.5) is 11.4 Å². The molecule has 0 spiro atoms. The van der Waals surface area contributed by atoms with Crippen LogP contribution in [0.15, 0.2) is 82.5 Å². The van der Waals surface area contributed by atoms with Crippen molar-refractivity contribution in [3.8, 4) is 0 Å². The van der Waals surface area contributed by atoms with Gasteiger partial charge in [0.25, 0.3) is 0 Å². The highest BCUT2D eigenvalue weighted by molar-refractivity contribution is 7.89. The standard InChI is InChI=1S/C26H22ClN5O4S/c27-19-8-6-18(7-9-19)26(33)12-15-32(16-13-26)37(34,35)22-11-10-21(24-25(22)31-36-30-24)29-20-5-1-3-17-4-2-14-28-23(17)20/h1-11,14,29,33H,12-13,15-16H2. The Balaban J connectivity index is 1.29. The maximum Gasteiger partial charge on any atom is 0.245 e. The van der Waals surface area contributed by atoms with Gasteiger partial charge < -0.3 is 10.4 Å². The van der Waals surface area contributed by atoms with Crippen LogP contribution in [0.2, 0.25) is 5.02 Å². The highest BCUT2D eigenvalue weighted by atomic mass is 35.5. The largest absolute Gasteiger partial charge is 0.385 e. The number of fused-ring (bicyclic) bond motifs is 2. The fourth-order valence-electron chi connectivity index (χ4n) is 4.79. The predicted octanol–water partition coefficient (Wildman–Crippen LogP) is 4.84. The van der Waals surface area contributed by atoms with E-state index in [1.807, 2.05) is 30.3 Å². The molecule has 5 aromatic rings. The molecule has 1 saturated heterocycles. The number of nitrogens with one attached hydrogen (secondary N) is 1. The molecular formula is C26H22ClN5O4S. The van der Waals surface area contributed by atoms with Gasteiger partial charge in [-0.2, -0.15) is 4.31 Å². The number of benzene rings is 3. The summed E-state index contributed by atoms with van der Waals surface area (Å²) in [6, 6.07) is 19.7. The summed E-state index contributed by atoms with van der Waals surface area (Å²) < 4.78 is 33.6. The maximum atomic E-state index is 13.6. The topological polar surface area (TPSA) is 121 Å². The minimum atomic E-state index is -3.92. The third-order valence-electron chi connectivity index (χ3n) is 6.83. The summed E-state index contributed by atoms with van der Waals surface area (Å²) in [6.07, 6.45) is 2.21. The van der Waals surface area contributed by atoms with E-state index >= 15 is 0 Å². The molecule has 1 fully saturated rings. The number of hydrogen-bond acceptors (Lipinski definition) is 8. The van der Waals surface area contributed by atoms with Gasteiger partial charge in [0.1, 0.15) is 4.90 Å². The lowest BCUT2D eigenvalue weighted by Gasteiger charge is -2.37. The molecule has 2 aromatic heterocycles. The van der Waals surface area contributed by atoms with Crippen molar-refractivity contribution < 1.29 is 18.2 Å². The van der Waals surface area contributed by atoms with Crippen molar-refractivity contribution in [3.63, 3.8) is 0 Å². The molecule has 0 saturated carbocycles. The SMILES string of the molecule is O=S(=O)(c1ccc(Nc2cccc3cccnc23)c2nonc12)N1CCC(O)(c2ccc(Cl)cc2)CC1. The molecular weight excluding hydrogens is 514 g/mol. The molecule has 188 valence electrons. The Hall–Kier alpha value is -3.57. The Morgan fingerprint density at radius 3 is 2.38 bits per heavy atom. The number of pyridine rings is 1. The number of nitrogens with zero attached hydrogens (tertiary/aromatic N) is 4. The lowest BCUT2D eigenvalue weighted by molar-refractivity contribution is -0.00960. The second-order valence-electron chi connectivity index (χ2n) is 9.02. The highest BCUT2D eigenvalue weighted by Gasteiger charge is 2.39. The molecule has 0 atom stereocenters. The molecule has 3 aromatic carbocycles. The van der Waals surface area contributed by atoms with Crippen molar-refractivity contribution in [2.75, 3.05) is 18.4 Å². The minimum absolute atomic E-state index is 0.00211. The van der Waals surface area contributed by atoms with Gasteiger partial charge in [-0.15, -0.1) is 0 Å². The van der Waals surface area contributed by atoms with Crippen LogP contribution in [0.25, 0.3) is 21.9 Å². The first-order chi connectivity index (χ1) is 17.8. The number of rotatable bonds is 5. The van der Waals surface area contributed by atoms with Crippen molar-refractivity contribution in [1.82, 2.24) is 19.6 Å².